The molecule has 0 aliphatic heterocycles. The molecular formula is C12H27K. The molecule has 13 heavy (non-hydrogen) atoms. The molecule has 0 radical (unpaired) electrons. The standard InChI is InChI=1S/C10H21.C2H6.K/c1-4-6-7-8-9-10(3)5-2;1-2;/h10H,1,4-9H2,2-3H3;1-2H3;/q-1;;+1. The van der Waals surface area contributed by atoms with Gasteiger partial charge in [0.15, 0.2) is 0 Å². The van der Waals surface area contributed by atoms with E-state index in [1.807, 2.05) is 13.8 Å². The van der Waals surface area contributed by atoms with Crippen LogP contribution in [-0.2, 0) is 0 Å². The Balaban J connectivity index is -0.000000309. The van der Waals surface area contributed by atoms with Gasteiger partial charge in [-0.05, 0) is 5.92 Å². The van der Waals surface area contributed by atoms with Crippen LogP contribution in [0.15, 0.2) is 0 Å². The molecule has 1 unspecified atom stereocenters. The first-order valence-corrected chi connectivity index (χ1v) is 5.60. The van der Waals surface area contributed by atoms with Crippen LogP contribution >= 0.6 is 0 Å². The Morgan fingerprint density at radius 2 is 1.62 bits per heavy atom. The molecule has 0 N–H and O–H groups in total. The number of hydrogen-bond acceptors (Lipinski definition) is 0. The summed E-state index contributed by atoms with van der Waals surface area (Å²) in [6, 6.07) is 0. The summed E-state index contributed by atoms with van der Waals surface area (Å²) in [6.45, 7) is 12.4. The summed E-state index contributed by atoms with van der Waals surface area (Å²) in [7, 11) is 0. The molecule has 1 atom stereocenters. The van der Waals surface area contributed by atoms with Crippen LogP contribution in [0.1, 0.15) is 66.2 Å². The first-order chi connectivity index (χ1) is 5.81. The molecule has 0 aliphatic rings. The summed E-state index contributed by atoms with van der Waals surface area (Å²) in [4.78, 5) is 0. The molecule has 0 aromatic carbocycles. The summed E-state index contributed by atoms with van der Waals surface area (Å²) in [5, 5.41) is 0. The molecule has 0 amide bonds. The Morgan fingerprint density at radius 3 is 2.00 bits per heavy atom. The van der Waals surface area contributed by atoms with Gasteiger partial charge in [-0.3, -0.25) is 0 Å². The SMILES string of the molecule is CC.[CH2-]CCCCCC(C)CC.[K+]. The Bertz CT molecular complexity index is 62.1. The van der Waals surface area contributed by atoms with Crippen LogP contribution in [0.5, 0.6) is 0 Å². The van der Waals surface area contributed by atoms with E-state index < -0.39 is 0 Å². The van der Waals surface area contributed by atoms with Crippen molar-refractivity contribution < 1.29 is 51.4 Å². The molecule has 0 nitrogen and oxygen atoms in total. The van der Waals surface area contributed by atoms with Gasteiger partial charge >= 0.3 is 51.4 Å². The van der Waals surface area contributed by atoms with Crippen LogP contribution in [0.3, 0.4) is 0 Å². The zero-order valence-electron chi connectivity index (χ0n) is 10.5. The van der Waals surface area contributed by atoms with E-state index in [4.69, 9.17) is 0 Å². The van der Waals surface area contributed by atoms with Gasteiger partial charge in [-0.15, -0.1) is 0 Å². The third kappa shape index (κ3) is 19.9. The van der Waals surface area contributed by atoms with Gasteiger partial charge in [0, 0.05) is 0 Å². The molecule has 76 valence electrons. The van der Waals surface area contributed by atoms with E-state index >= 15 is 0 Å². The second-order valence-corrected chi connectivity index (χ2v) is 3.22. The smallest absolute Gasteiger partial charge is 0.343 e. The van der Waals surface area contributed by atoms with E-state index in [9.17, 15) is 0 Å². The number of rotatable bonds is 6. The average molecular weight is 210 g/mol. The molecular weight excluding hydrogens is 183 g/mol. The van der Waals surface area contributed by atoms with Crippen molar-refractivity contribution in [2.45, 2.75) is 66.2 Å². The summed E-state index contributed by atoms with van der Waals surface area (Å²) in [5.41, 5.74) is 0. The van der Waals surface area contributed by atoms with Crippen LogP contribution in [0.4, 0.5) is 0 Å². The summed E-state index contributed by atoms with van der Waals surface area (Å²) < 4.78 is 0. The quantitative estimate of drug-likeness (QED) is 0.357. The van der Waals surface area contributed by atoms with E-state index in [0.29, 0.717) is 0 Å². The molecule has 0 saturated heterocycles. The monoisotopic (exact) mass is 210 g/mol. The predicted molar refractivity (Wildman–Crippen MR) is 59.2 cm³/mol. The van der Waals surface area contributed by atoms with Crippen molar-refractivity contribution in [3.8, 4) is 0 Å². The third-order valence-corrected chi connectivity index (χ3v) is 2.14. The second-order valence-electron chi connectivity index (χ2n) is 3.22. The minimum absolute atomic E-state index is 0. The van der Waals surface area contributed by atoms with Crippen molar-refractivity contribution >= 4 is 0 Å². The Labute approximate surface area is 129 Å². The Hall–Kier alpha value is 1.64. The van der Waals surface area contributed by atoms with Crippen LogP contribution in [0.25, 0.3) is 0 Å². The first kappa shape index (κ1) is 20.1. The van der Waals surface area contributed by atoms with Crippen LogP contribution in [0, 0.1) is 12.8 Å². The van der Waals surface area contributed by atoms with E-state index in [2.05, 4.69) is 20.8 Å². The number of hydrogen-bond donors (Lipinski definition) is 0. The van der Waals surface area contributed by atoms with E-state index in [0.717, 1.165) is 12.3 Å². The zero-order valence-corrected chi connectivity index (χ0v) is 13.7. The Morgan fingerprint density at radius 1 is 1.08 bits per heavy atom. The van der Waals surface area contributed by atoms with Gasteiger partial charge < -0.3 is 6.92 Å². The molecule has 0 rings (SSSR count). The van der Waals surface area contributed by atoms with Crippen molar-refractivity contribution in [2.24, 2.45) is 5.92 Å². The van der Waals surface area contributed by atoms with Gasteiger partial charge in [-0.2, -0.15) is 6.42 Å². The molecule has 0 aromatic rings. The fourth-order valence-corrected chi connectivity index (χ4v) is 1.05. The first-order valence-electron chi connectivity index (χ1n) is 5.60. The fourth-order valence-electron chi connectivity index (χ4n) is 1.05. The van der Waals surface area contributed by atoms with Gasteiger partial charge in [-0.1, -0.05) is 59.8 Å². The molecule has 0 bridgehead atoms. The molecule has 0 aliphatic carbocycles. The van der Waals surface area contributed by atoms with Gasteiger partial charge in [0.25, 0.3) is 0 Å². The third-order valence-electron chi connectivity index (χ3n) is 2.14. The zero-order chi connectivity index (χ0) is 9.82. The molecule has 0 heterocycles. The minimum atomic E-state index is 0. The topological polar surface area (TPSA) is 0 Å². The van der Waals surface area contributed by atoms with Crippen molar-refractivity contribution in [3.63, 3.8) is 0 Å². The maximum absolute atomic E-state index is 3.82. The maximum atomic E-state index is 3.82. The van der Waals surface area contributed by atoms with E-state index in [1.165, 1.54) is 32.1 Å². The average Bonchev–Trinajstić information content (AvgIpc) is 2.15. The molecule has 0 aromatic heterocycles. The van der Waals surface area contributed by atoms with Gasteiger partial charge in [0.05, 0.1) is 0 Å². The van der Waals surface area contributed by atoms with E-state index in [1.54, 1.807) is 0 Å². The van der Waals surface area contributed by atoms with Crippen molar-refractivity contribution in [2.75, 3.05) is 0 Å². The minimum Gasteiger partial charge on any atom is -0.343 e. The van der Waals surface area contributed by atoms with E-state index in [-0.39, 0.29) is 51.4 Å². The Kier molecular flexibility index (Phi) is 29.8. The van der Waals surface area contributed by atoms with Crippen molar-refractivity contribution in [1.29, 1.82) is 0 Å². The van der Waals surface area contributed by atoms with Crippen molar-refractivity contribution in [1.82, 2.24) is 0 Å². The number of unbranched alkanes of at least 4 members (excludes halogenated alkanes) is 3. The normalized spacial score (nSPS) is 10.8. The van der Waals surface area contributed by atoms with Crippen LogP contribution < -0.4 is 51.4 Å². The molecule has 1 heteroatoms. The van der Waals surface area contributed by atoms with Gasteiger partial charge in [0.1, 0.15) is 0 Å². The van der Waals surface area contributed by atoms with Gasteiger partial charge in [-0.25, -0.2) is 0 Å². The maximum Gasteiger partial charge on any atom is 1.00 e. The molecule has 0 fully saturated rings. The predicted octanol–water partition coefficient (Wildman–Crippen LogP) is 1.85. The van der Waals surface area contributed by atoms with Crippen LogP contribution in [-0.4, -0.2) is 0 Å². The van der Waals surface area contributed by atoms with Crippen LogP contribution in [0.2, 0.25) is 0 Å². The van der Waals surface area contributed by atoms with Gasteiger partial charge in [0.2, 0.25) is 0 Å². The largest absolute Gasteiger partial charge is 1.00 e. The summed E-state index contributed by atoms with van der Waals surface area (Å²) >= 11 is 0. The molecule has 0 spiro atoms. The molecule has 0 saturated carbocycles. The summed E-state index contributed by atoms with van der Waals surface area (Å²) in [5.74, 6) is 0.935. The van der Waals surface area contributed by atoms with Crippen molar-refractivity contribution in [3.05, 3.63) is 6.92 Å². The summed E-state index contributed by atoms with van der Waals surface area (Å²) in [6.07, 6.45) is 7.97. The fraction of sp³-hybridized carbons (Fsp3) is 0.917. The second kappa shape index (κ2) is 19.2.